The molecule has 2 N–H and O–H groups in total. The van der Waals surface area contributed by atoms with Crippen LogP contribution in [0, 0.1) is 5.41 Å². The van der Waals surface area contributed by atoms with Gasteiger partial charge in [-0.05, 0) is 43.8 Å². The van der Waals surface area contributed by atoms with Crippen LogP contribution in [0.2, 0.25) is 0 Å². The van der Waals surface area contributed by atoms with Gasteiger partial charge in [-0.1, -0.05) is 12.1 Å². The summed E-state index contributed by atoms with van der Waals surface area (Å²) in [4.78, 5) is 13.9. The van der Waals surface area contributed by atoms with E-state index in [1.54, 1.807) is 14.2 Å². The van der Waals surface area contributed by atoms with Crippen molar-refractivity contribution in [2.75, 3.05) is 33.9 Å². The Kier molecular flexibility index (Phi) is 4.96. The summed E-state index contributed by atoms with van der Waals surface area (Å²) in [5, 5.41) is 13.1. The first-order chi connectivity index (χ1) is 11.6. The molecule has 6 heteroatoms. The van der Waals surface area contributed by atoms with Crippen LogP contribution in [0.25, 0.3) is 0 Å². The van der Waals surface area contributed by atoms with Crippen molar-refractivity contribution in [1.82, 2.24) is 10.2 Å². The first kappa shape index (κ1) is 17.0. The molecule has 0 bridgehead atoms. The molecular weight excluding hydrogens is 308 g/mol. The summed E-state index contributed by atoms with van der Waals surface area (Å²) >= 11 is 0. The van der Waals surface area contributed by atoms with Crippen LogP contribution in [0.1, 0.15) is 24.8 Å². The molecule has 0 radical (unpaired) electrons. The Labute approximate surface area is 142 Å². The third kappa shape index (κ3) is 3.21. The number of methoxy groups -OCH3 is 2. The Morgan fingerprint density at radius 1 is 1.33 bits per heavy atom. The second-order valence-corrected chi connectivity index (χ2v) is 6.87. The Bertz CT molecular complexity index is 599. The topological polar surface area (TPSA) is 71.0 Å². The Morgan fingerprint density at radius 2 is 2.08 bits per heavy atom. The predicted octanol–water partition coefficient (Wildman–Crippen LogP) is 1.73. The predicted molar refractivity (Wildman–Crippen MR) is 90.5 cm³/mol. The lowest BCUT2D eigenvalue weighted by Crippen LogP contribution is -2.38. The van der Waals surface area contributed by atoms with Gasteiger partial charge in [-0.15, -0.1) is 0 Å². The van der Waals surface area contributed by atoms with E-state index in [4.69, 9.17) is 9.47 Å². The van der Waals surface area contributed by atoms with Crippen molar-refractivity contribution in [3.63, 3.8) is 0 Å². The molecule has 2 aliphatic heterocycles. The fourth-order valence-electron chi connectivity index (χ4n) is 4.17. The molecule has 1 atom stereocenters. The molecule has 6 nitrogen and oxygen atoms in total. The minimum atomic E-state index is -0.729. The fourth-order valence-corrected chi connectivity index (χ4v) is 4.17. The van der Waals surface area contributed by atoms with Gasteiger partial charge in [0.15, 0.2) is 11.5 Å². The van der Waals surface area contributed by atoms with Gasteiger partial charge in [-0.3, -0.25) is 9.69 Å². The number of hydrogen-bond acceptors (Lipinski definition) is 5. The monoisotopic (exact) mass is 334 g/mol. The van der Waals surface area contributed by atoms with Crippen molar-refractivity contribution in [2.24, 2.45) is 5.41 Å². The second kappa shape index (κ2) is 6.99. The summed E-state index contributed by atoms with van der Waals surface area (Å²) in [6, 6.07) is 5.32. The summed E-state index contributed by atoms with van der Waals surface area (Å²) in [5.41, 5.74) is 1.09. The SMILES string of the molecule is COc1cccc(CN2CC3(CCNCC3)C[C@@H]2C(=O)O)c1OC. The van der Waals surface area contributed by atoms with E-state index < -0.39 is 12.0 Å². The lowest BCUT2D eigenvalue weighted by molar-refractivity contribution is -0.142. The van der Waals surface area contributed by atoms with Gasteiger partial charge >= 0.3 is 5.97 Å². The fraction of sp³-hybridized carbons (Fsp3) is 0.611. The van der Waals surface area contributed by atoms with Crippen molar-refractivity contribution in [3.8, 4) is 11.5 Å². The number of likely N-dealkylation sites (tertiary alicyclic amines) is 1. The number of piperidine rings is 1. The van der Waals surface area contributed by atoms with E-state index in [2.05, 4.69) is 10.2 Å². The lowest BCUT2D eigenvalue weighted by atomic mass is 9.77. The van der Waals surface area contributed by atoms with E-state index in [9.17, 15) is 9.90 Å². The van der Waals surface area contributed by atoms with Crippen molar-refractivity contribution >= 4 is 5.97 Å². The molecule has 1 aromatic rings. The number of carbonyl (C=O) groups is 1. The molecule has 1 spiro atoms. The first-order valence-electron chi connectivity index (χ1n) is 8.46. The molecule has 0 aliphatic carbocycles. The molecule has 3 rings (SSSR count). The molecule has 0 saturated carbocycles. The molecule has 24 heavy (non-hydrogen) atoms. The van der Waals surface area contributed by atoms with Crippen LogP contribution >= 0.6 is 0 Å². The molecule has 2 aliphatic rings. The van der Waals surface area contributed by atoms with Gasteiger partial charge in [0.2, 0.25) is 0 Å². The smallest absolute Gasteiger partial charge is 0.320 e. The Morgan fingerprint density at radius 3 is 2.71 bits per heavy atom. The van der Waals surface area contributed by atoms with Gasteiger partial charge < -0.3 is 19.9 Å². The number of nitrogens with one attached hydrogen (secondary N) is 1. The van der Waals surface area contributed by atoms with E-state index in [1.807, 2.05) is 18.2 Å². The zero-order chi connectivity index (χ0) is 17.2. The normalized spacial score (nSPS) is 23.3. The quantitative estimate of drug-likeness (QED) is 0.855. The van der Waals surface area contributed by atoms with Crippen LogP contribution < -0.4 is 14.8 Å². The van der Waals surface area contributed by atoms with Crippen LogP contribution in [0.4, 0.5) is 0 Å². The van der Waals surface area contributed by atoms with Crippen LogP contribution in [-0.2, 0) is 11.3 Å². The van der Waals surface area contributed by atoms with Gasteiger partial charge in [0.25, 0.3) is 0 Å². The van der Waals surface area contributed by atoms with Crippen LogP contribution in [0.3, 0.4) is 0 Å². The highest BCUT2D eigenvalue weighted by Gasteiger charge is 2.47. The number of aliphatic carboxylic acids is 1. The van der Waals surface area contributed by atoms with E-state index in [1.165, 1.54) is 0 Å². The van der Waals surface area contributed by atoms with Gasteiger partial charge in [0.1, 0.15) is 6.04 Å². The molecule has 0 unspecified atom stereocenters. The first-order valence-corrected chi connectivity index (χ1v) is 8.46. The number of rotatable bonds is 5. The van der Waals surface area contributed by atoms with Crippen molar-refractivity contribution < 1.29 is 19.4 Å². The highest BCUT2D eigenvalue weighted by atomic mass is 16.5. The lowest BCUT2D eigenvalue weighted by Gasteiger charge is -2.33. The molecule has 0 aromatic heterocycles. The van der Waals surface area contributed by atoms with Crippen molar-refractivity contribution in [2.45, 2.75) is 31.8 Å². The van der Waals surface area contributed by atoms with Crippen LogP contribution in [0.5, 0.6) is 11.5 Å². The minimum Gasteiger partial charge on any atom is -0.493 e. The molecule has 0 amide bonds. The van der Waals surface area contributed by atoms with E-state index in [-0.39, 0.29) is 5.41 Å². The zero-order valence-corrected chi connectivity index (χ0v) is 14.4. The van der Waals surface area contributed by atoms with Gasteiger partial charge in [-0.25, -0.2) is 0 Å². The zero-order valence-electron chi connectivity index (χ0n) is 14.4. The van der Waals surface area contributed by atoms with Gasteiger partial charge in [0, 0.05) is 18.7 Å². The summed E-state index contributed by atoms with van der Waals surface area (Å²) < 4.78 is 10.9. The van der Waals surface area contributed by atoms with Gasteiger partial charge in [-0.2, -0.15) is 0 Å². The molecule has 2 heterocycles. The second-order valence-electron chi connectivity index (χ2n) is 6.87. The van der Waals surface area contributed by atoms with E-state index in [0.717, 1.165) is 44.5 Å². The van der Waals surface area contributed by atoms with Crippen LogP contribution in [-0.4, -0.2) is 55.9 Å². The average Bonchev–Trinajstić information content (AvgIpc) is 2.93. The summed E-state index contributed by atoms with van der Waals surface area (Å²) in [7, 11) is 3.23. The number of carboxylic acids is 1. The minimum absolute atomic E-state index is 0.125. The van der Waals surface area contributed by atoms with E-state index >= 15 is 0 Å². The number of carboxylic acid groups (broad SMARTS) is 1. The third-order valence-electron chi connectivity index (χ3n) is 5.41. The van der Waals surface area contributed by atoms with Crippen molar-refractivity contribution in [3.05, 3.63) is 23.8 Å². The average molecular weight is 334 g/mol. The third-order valence-corrected chi connectivity index (χ3v) is 5.41. The van der Waals surface area contributed by atoms with E-state index in [0.29, 0.717) is 18.0 Å². The molecule has 2 saturated heterocycles. The summed E-state index contributed by atoms with van der Waals surface area (Å²) in [6.07, 6.45) is 2.82. The number of benzene rings is 1. The number of ether oxygens (including phenoxy) is 2. The Balaban J connectivity index is 1.84. The highest BCUT2D eigenvalue weighted by Crippen LogP contribution is 2.43. The highest BCUT2D eigenvalue weighted by molar-refractivity contribution is 5.74. The summed E-state index contributed by atoms with van der Waals surface area (Å²) in [5.74, 6) is 0.639. The van der Waals surface area contributed by atoms with Crippen LogP contribution in [0.15, 0.2) is 18.2 Å². The largest absolute Gasteiger partial charge is 0.493 e. The molecule has 1 aromatic carbocycles. The molecular formula is C18H26N2O4. The Hall–Kier alpha value is -1.79. The number of nitrogens with zero attached hydrogens (tertiary/aromatic N) is 1. The molecule has 132 valence electrons. The maximum Gasteiger partial charge on any atom is 0.320 e. The number of para-hydroxylation sites is 1. The molecule has 2 fully saturated rings. The van der Waals surface area contributed by atoms with Gasteiger partial charge in [0.05, 0.1) is 14.2 Å². The number of hydrogen-bond donors (Lipinski definition) is 2. The van der Waals surface area contributed by atoms with Crippen molar-refractivity contribution in [1.29, 1.82) is 0 Å². The standard InChI is InChI=1S/C18H26N2O4/c1-23-15-5-3-4-13(16(15)24-2)11-20-12-18(6-8-19-9-7-18)10-14(20)17(21)22/h3-5,14,19H,6-12H2,1-2H3,(H,21,22)/t14-/m1/s1. The summed E-state index contributed by atoms with van der Waals surface area (Å²) in [6.45, 7) is 3.34. The maximum absolute atomic E-state index is 11.8. The maximum atomic E-state index is 11.8.